The summed E-state index contributed by atoms with van der Waals surface area (Å²) in [4.78, 5) is 9.82. The van der Waals surface area contributed by atoms with Crippen LogP contribution >= 0.6 is 11.6 Å². The highest BCUT2D eigenvalue weighted by molar-refractivity contribution is 6.26. The maximum absolute atomic E-state index is 10.6. The second kappa shape index (κ2) is 2.92. The Labute approximate surface area is 75.5 Å². The topological polar surface area (TPSA) is 63.3 Å². The summed E-state index contributed by atoms with van der Waals surface area (Å²) in [7, 11) is 0. The van der Waals surface area contributed by atoms with E-state index in [9.17, 15) is 4.79 Å². The predicted octanol–water partition coefficient (Wildman–Crippen LogP) is 0.892. The lowest BCUT2D eigenvalue weighted by Crippen LogP contribution is -2.44. The Morgan fingerprint density at radius 2 is 2.42 bits per heavy atom. The molecule has 0 aliphatic heterocycles. The normalized spacial score (nSPS) is 34.6. The van der Waals surface area contributed by atoms with Gasteiger partial charge in [-0.1, -0.05) is 18.2 Å². The maximum atomic E-state index is 10.6. The fourth-order valence-electron chi connectivity index (χ4n) is 1.06. The number of hydrogen-bond acceptors (Lipinski definition) is 2. The molecule has 4 heteroatoms. The molecule has 3 nitrogen and oxygen atoms in total. The highest BCUT2D eigenvalue weighted by atomic mass is 35.5. The zero-order chi connectivity index (χ0) is 9.35. The first-order valence-electron chi connectivity index (χ1n) is 3.52. The summed E-state index contributed by atoms with van der Waals surface area (Å²) in [6.45, 7) is 1.69. The van der Waals surface area contributed by atoms with Crippen molar-refractivity contribution in [3.63, 3.8) is 0 Å². The lowest BCUT2D eigenvalue weighted by atomic mass is 9.90. The van der Waals surface area contributed by atoms with Gasteiger partial charge in [0.1, 0.15) is 0 Å². The van der Waals surface area contributed by atoms with Crippen LogP contribution in [-0.2, 0) is 4.79 Å². The molecular formula is C8H10ClNO2. The van der Waals surface area contributed by atoms with Gasteiger partial charge in [-0.05, 0) is 6.92 Å². The predicted molar refractivity (Wildman–Crippen MR) is 47.1 cm³/mol. The third-order valence-corrected chi connectivity index (χ3v) is 2.25. The third-order valence-electron chi connectivity index (χ3n) is 1.89. The molecule has 66 valence electrons. The molecule has 0 radical (unpaired) electrons. The Morgan fingerprint density at radius 1 is 1.83 bits per heavy atom. The van der Waals surface area contributed by atoms with Gasteiger partial charge in [0, 0.05) is 0 Å². The molecule has 0 aromatic rings. The smallest absolute Gasteiger partial charge is 0.333 e. The molecule has 2 unspecified atom stereocenters. The Bertz CT molecular complexity index is 268. The molecule has 2 atom stereocenters. The molecule has 12 heavy (non-hydrogen) atoms. The van der Waals surface area contributed by atoms with Crippen LogP contribution in [0.1, 0.15) is 6.92 Å². The second-order valence-corrected chi connectivity index (χ2v) is 3.73. The summed E-state index contributed by atoms with van der Waals surface area (Å²) in [5.41, 5.74) is 5.77. The van der Waals surface area contributed by atoms with Crippen molar-refractivity contribution < 1.29 is 9.90 Å². The first-order valence-corrected chi connectivity index (χ1v) is 3.90. The van der Waals surface area contributed by atoms with Crippen LogP contribution in [-0.4, -0.2) is 22.0 Å². The maximum Gasteiger partial charge on any atom is 0.333 e. The first kappa shape index (κ1) is 9.29. The molecule has 1 rings (SSSR count). The Kier molecular flexibility index (Phi) is 2.26. The van der Waals surface area contributed by atoms with Crippen molar-refractivity contribution >= 4 is 17.6 Å². The van der Waals surface area contributed by atoms with E-state index >= 15 is 0 Å². The number of aliphatic carboxylic acids is 1. The van der Waals surface area contributed by atoms with E-state index in [2.05, 4.69) is 0 Å². The van der Waals surface area contributed by atoms with Crippen molar-refractivity contribution in [3.8, 4) is 0 Å². The van der Waals surface area contributed by atoms with E-state index in [0.717, 1.165) is 0 Å². The number of rotatable bonds is 1. The van der Waals surface area contributed by atoms with E-state index in [4.69, 9.17) is 22.4 Å². The van der Waals surface area contributed by atoms with Crippen molar-refractivity contribution in [2.75, 3.05) is 0 Å². The van der Waals surface area contributed by atoms with Crippen LogP contribution in [0.5, 0.6) is 0 Å². The number of carboxylic acids is 1. The zero-order valence-corrected chi connectivity index (χ0v) is 7.38. The molecule has 0 saturated heterocycles. The third kappa shape index (κ3) is 1.52. The average Bonchev–Trinajstić information content (AvgIpc) is 1.94. The average molecular weight is 188 g/mol. The van der Waals surface area contributed by atoms with Gasteiger partial charge in [0.15, 0.2) is 0 Å². The van der Waals surface area contributed by atoms with Crippen molar-refractivity contribution in [1.82, 2.24) is 0 Å². The Hall–Kier alpha value is -0.800. The van der Waals surface area contributed by atoms with Crippen LogP contribution in [0, 0.1) is 0 Å². The van der Waals surface area contributed by atoms with Crippen LogP contribution in [0.2, 0.25) is 0 Å². The van der Waals surface area contributed by atoms with Crippen LogP contribution in [0.4, 0.5) is 0 Å². The van der Waals surface area contributed by atoms with Crippen LogP contribution in [0.3, 0.4) is 0 Å². The van der Waals surface area contributed by atoms with Crippen LogP contribution < -0.4 is 5.73 Å². The molecule has 0 heterocycles. The van der Waals surface area contributed by atoms with Crippen molar-refractivity contribution in [2.24, 2.45) is 5.73 Å². The summed E-state index contributed by atoms with van der Waals surface area (Å²) in [5, 5.41) is 8.70. The molecule has 0 aromatic carbocycles. The van der Waals surface area contributed by atoms with Crippen molar-refractivity contribution in [2.45, 2.75) is 17.8 Å². The minimum atomic E-state index is -1.02. The van der Waals surface area contributed by atoms with E-state index in [1.54, 1.807) is 19.1 Å². The molecule has 0 spiro atoms. The Morgan fingerprint density at radius 3 is 2.83 bits per heavy atom. The van der Waals surface area contributed by atoms with Gasteiger partial charge in [-0.3, -0.25) is 0 Å². The number of halogens is 1. The van der Waals surface area contributed by atoms with E-state index in [-0.39, 0.29) is 5.57 Å². The van der Waals surface area contributed by atoms with Crippen molar-refractivity contribution in [3.05, 3.63) is 23.8 Å². The van der Waals surface area contributed by atoms with Crippen molar-refractivity contribution in [1.29, 1.82) is 0 Å². The van der Waals surface area contributed by atoms with Gasteiger partial charge in [-0.15, -0.1) is 11.6 Å². The first-order chi connectivity index (χ1) is 5.45. The SMILES string of the molecule is CC1(Cl)C=CC=C(C(=O)O)C1N. The Balaban J connectivity index is 2.99. The quantitative estimate of drug-likeness (QED) is 0.600. The van der Waals surface area contributed by atoms with Gasteiger partial charge in [0.2, 0.25) is 0 Å². The fraction of sp³-hybridized carbons (Fsp3) is 0.375. The highest BCUT2D eigenvalue weighted by Crippen LogP contribution is 2.27. The van der Waals surface area contributed by atoms with Crippen LogP contribution in [0.25, 0.3) is 0 Å². The number of carbonyl (C=O) groups is 1. The molecule has 0 bridgehead atoms. The summed E-state index contributed by atoms with van der Waals surface area (Å²) in [6, 6.07) is -0.651. The highest BCUT2D eigenvalue weighted by Gasteiger charge is 2.33. The van der Waals surface area contributed by atoms with E-state index in [1.807, 2.05) is 0 Å². The minimum Gasteiger partial charge on any atom is -0.478 e. The summed E-state index contributed by atoms with van der Waals surface area (Å²) in [5.74, 6) is -1.02. The monoisotopic (exact) mass is 187 g/mol. The fourth-order valence-corrected chi connectivity index (χ4v) is 1.25. The second-order valence-electron chi connectivity index (χ2n) is 2.92. The summed E-state index contributed by atoms with van der Waals surface area (Å²) >= 11 is 5.95. The van der Waals surface area contributed by atoms with Gasteiger partial charge in [-0.25, -0.2) is 4.79 Å². The zero-order valence-electron chi connectivity index (χ0n) is 6.62. The summed E-state index contributed by atoms with van der Waals surface area (Å²) < 4.78 is 0. The minimum absolute atomic E-state index is 0.148. The number of hydrogen-bond donors (Lipinski definition) is 2. The van der Waals surface area contributed by atoms with Gasteiger partial charge in [0.25, 0.3) is 0 Å². The number of allylic oxidation sites excluding steroid dienone is 2. The van der Waals surface area contributed by atoms with Gasteiger partial charge >= 0.3 is 5.97 Å². The van der Waals surface area contributed by atoms with E-state index in [1.165, 1.54) is 6.08 Å². The van der Waals surface area contributed by atoms with E-state index < -0.39 is 16.9 Å². The number of carboxylic acid groups (broad SMARTS) is 1. The lowest BCUT2D eigenvalue weighted by molar-refractivity contribution is -0.133. The molecule has 0 amide bonds. The summed E-state index contributed by atoms with van der Waals surface area (Å²) in [6.07, 6.45) is 4.77. The number of alkyl halides is 1. The molecule has 0 saturated carbocycles. The molecule has 0 aromatic heterocycles. The standard InChI is InChI=1S/C8H10ClNO2/c1-8(9)4-2-3-5(6(8)10)7(11)12/h2-4,6H,10H2,1H3,(H,11,12). The molecule has 1 aliphatic carbocycles. The molecule has 0 fully saturated rings. The molecular weight excluding hydrogens is 178 g/mol. The largest absolute Gasteiger partial charge is 0.478 e. The number of nitrogens with two attached hydrogens (primary N) is 1. The van der Waals surface area contributed by atoms with Gasteiger partial charge in [-0.2, -0.15) is 0 Å². The van der Waals surface area contributed by atoms with Crippen LogP contribution in [0.15, 0.2) is 23.8 Å². The van der Waals surface area contributed by atoms with Gasteiger partial charge < -0.3 is 10.8 Å². The van der Waals surface area contributed by atoms with E-state index in [0.29, 0.717) is 0 Å². The van der Waals surface area contributed by atoms with Gasteiger partial charge in [0.05, 0.1) is 16.5 Å². The molecule has 3 N–H and O–H groups in total. The molecule has 1 aliphatic rings. The lowest BCUT2D eigenvalue weighted by Gasteiger charge is -2.28.